The first-order chi connectivity index (χ1) is 15.1. The maximum Gasteiger partial charge on any atom is 0.262 e. The molecule has 0 radical (unpaired) electrons. The lowest BCUT2D eigenvalue weighted by molar-refractivity contribution is 0.299. The van der Waals surface area contributed by atoms with Crippen molar-refractivity contribution in [3.63, 3.8) is 0 Å². The number of aryl methyl sites for hydroxylation is 2. The van der Waals surface area contributed by atoms with Crippen molar-refractivity contribution in [3.8, 4) is 16.9 Å². The summed E-state index contributed by atoms with van der Waals surface area (Å²) in [4.78, 5) is 18.6. The van der Waals surface area contributed by atoms with E-state index in [4.69, 9.17) is 4.74 Å². The zero-order valence-electron chi connectivity index (χ0n) is 17.5. The minimum absolute atomic E-state index is 0.0252. The highest BCUT2D eigenvalue weighted by Crippen LogP contribution is 2.33. The average Bonchev–Trinajstić information content (AvgIpc) is 3.20. The predicted octanol–water partition coefficient (Wildman–Crippen LogP) is 5.97. The third kappa shape index (κ3) is 3.62. The largest absolute Gasteiger partial charge is 0.491 e. The number of benzene rings is 3. The topological polar surface area (TPSA) is 44.1 Å². The molecule has 0 saturated carbocycles. The first kappa shape index (κ1) is 19.5. The number of hydrogen-bond donors (Lipinski definition) is 0. The van der Waals surface area contributed by atoms with Crippen LogP contribution in [0.4, 0.5) is 0 Å². The molecule has 0 aliphatic carbocycles. The fourth-order valence-electron chi connectivity index (χ4n) is 4.02. The van der Waals surface area contributed by atoms with Crippen LogP contribution in [0.2, 0.25) is 0 Å². The zero-order valence-corrected chi connectivity index (χ0v) is 18.3. The van der Waals surface area contributed by atoms with Crippen molar-refractivity contribution in [2.24, 2.45) is 0 Å². The maximum absolute atomic E-state index is 13.3. The minimum atomic E-state index is -0.0252. The lowest BCUT2D eigenvalue weighted by Gasteiger charge is -2.11. The van der Waals surface area contributed by atoms with Gasteiger partial charge in [0, 0.05) is 16.3 Å². The third-order valence-electron chi connectivity index (χ3n) is 5.57. The molecule has 5 heteroatoms. The molecule has 5 aromatic rings. The summed E-state index contributed by atoms with van der Waals surface area (Å²) in [6.45, 7) is 4.99. The molecule has 0 amide bonds. The summed E-state index contributed by atoms with van der Waals surface area (Å²) in [7, 11) is 0. The number of fused-ring (bicyclic) bond motifs is 2. The minimum Gasteiger partial charge on any atom is -0.491 e. The second-order valence-corrected chi connectivity index (χ2v) is 8.57. The standard InChI is InChI=1S/C26H22N2O2S/c1-17-10-11-20(18(2)14-17)22-15-31-25-24(22)26(29)28(16-27-25)12-13-30-23-9-5-7-19-6-3-4-8-21(19)23/h3-11,14-16H,12-13H2,1-2H3. The van der Waals surface area contributed by atoms with Gasteiger partial charge < -0.3 is 4.74 Å². The molecule has 3 aromatic carbocycles. The van der Waals surface area contributed by atoms with Gasteiger partial charge in [0.2, 0.25) is 0 Å². The van der Waals surface area contributed by atoms with Crippen molar-refractivity contribution in [1.82, 2.24) is 9.55 Å². The van der Waals surface area contributed by atoms with E-state index in [1.807, 2.05) is 35.7 Å². The fourth-order valence-corrected chi connectivity index (χ4v) is 4.91. The summed E-state index contributed by atoms with van der Waals surface area (Å²) in [5.41, 5.74) is 4.39. The Balaban J connectivity index is 1.44. The summed E-state index contributed by atoms with van der Waals surface area (Å²) >= 11 is 1.51. The number of rotatable bonds is 5. The zero-order chi connectivity index (χ0) is 21.4. The number of nitrogens with zero attached hydrogens (tertiary/aromatic N) is 2. The Morgan fingerprint density at radius 2 is 1.84 bits per heavy atom. The van der Waals surface area contributed by atoms with Gasteiger partial charge >= 0.3 is 0 Å². The van der Waals surface area contributed by atoms with E-state index in [0.717, 1.165) is 38.0 Å². The maximum atomic E-state index is 13.3. The highest BCUT2D eigenvalue weighted by Gasteiger charge is 2.15. The average molecular weight is 427 g/mol. The van der Waals surface area contributed by atoms with E-state index >= 15 is 0 Å². The molecule has 0 saturated heterocycles. The van der Waals surface area contributed by atoms with E-state index in [1.54, 1.807) is 10.9 Å². The lowest BCUT2D eigenvalue weighted by atomic mass is 9.99. The van der Waals surface area contributed by atoms with Crippen LogP contribution in [0.3, 0.4) is 0 Å². The van der Waals surface area contributed by atoms with E-state index in [9.17, 15) is 4.79 Å². The van der Waals surface area contributed by atoms with Gasteiger partial charge in [0.15, 0.2) is 0 Å². The fraction of sp³-hybridized carbons (Fsp3) is 0.154. The van der Waals surface area contributed by atoms with Crippen LogP contribution in [-0.2, 0) is 6.54 Å². The Labute approximate surface area is 184 Å². The number of hydrogen-bond acceptors (Lipinski definition) is 4. The molecule has 0 spiro atoms. The molecule has 154 valence electrons. The van der Waals surface area contributed by atoms with Gasteiger partial charge in [-0.25, -0.2) is 4.98 Å². The summed E-state index contributed by atoms with van der Waals surface area (Å²) in [6.07, 6.45) is 1.62. The summed E-state index contributed by atoms with van der Waals surface area (Å²) in [5, 5.41) is 4.93. The molecule has 0 bridgehead atoms. The van der Waals surface area contributed by atoms with Crippen LogP contribution in [0.15, 0.2) is 77.2 Å². The molecule has 4 nitrogen and oxygen atoms in total. The molecule has 0 aliphatic rings. The summed E-state index contributed by atoms with van der Waals surface area (Å²) in [6, 6.07) is 20.5. The van der Waals surface area contributed by atoms with Crippen molar-refractivity contribution in [1.29, 1.82) is 0 Å². The SMILES string of the molecule is Cc1ccc(-c2csc3ncn(CCOc4cccc5ccccc45)c(=O)c23)c(C)c1. The van der Waals surface area contributed by atoms with E-state index in [2.05, 4.69) is 49.2 Å². The molecule has 0 fully saturated rings. The van der Waals surface area contributed by atoms with E-state index in [-0.39, 0.29) is 5.56 Å². The summed E-state index contributed by atoms with van der Waals surface area (Å²) < 4.78 is 7.68. The van der Waals surface area contributed by atoms with Gasteiger partial charge in [-0.15, -0.1) is 11.3 Å². The Bertz CT molecular complexity index is 1460. The molecule has 5 rings (SSSR count). The smallest absolute Gasteiger partial charge is 0.262 e. The van der Waals surface area contributed by atoms with E-state index < -0.39 is 0 Å². The molecule has 2 heterocycles. The normalized spacial score (nSPS) is 11.3. The highest BCUT2D eigenvalue weighted by atomic mass is 32.1. The van der Waals surface area contributed by atoms with E-state index in [0.29, 0.717) is 18.5 Å². The highest BCUT2D eigenvalue weighted by molar-refractivity contribution is 7.17. The van der Waals surface area contributed by atoms with Crippen LogP contribution in [0.25, 0.3) is 32.1 Å². The molecule has 31 heavy (non-hydrogen) atoms. The van der Waals surface area contributed by atoms with Gasteiger partial charge in [-0.05, 0) is 36.4 Å². The number of ether oxygens (including phenoxy) is 1. The molecule has 0 aliphatic heterocycles. The van der Waals surface area contributed by atoms with Crippen LogP contribution in [0, 0.1) is 13.8 Å². The van der Waals surface area contributed by atoms with Gasteiger partial charge in [0.25, 0.3) is 5.56 Å². The van der Waals surface area contributed by atoms with Crippen molar-refractivity contribution in [2.75, 3.05) is 6.61 Å². The summed E-state index contributed by atoms with van der Waals surface area (Å²) in [5.74, 6) is 0.826. The van der Waals surface area contributed by atoms with Crippen LogP contribution < -0.4 is 10.3 Å². The van der Waals surface area contributed by atoms with Crippen molar-refractivity contribution in [3.05, 3.63) is 93.9 Å². The van der Waals surface area contributed by atoms with Gasteiger partial charge in [-0.2, -0.15) is 0 Å². The first-order valence-electron chi connectivity index (χ1n) is 10.3. The molecule has 0 unspecified atom stereocenters. The van der Waals surface area contributed by atoms with Gasteiger partial charge in [-0.3, -0.25) is 9.36 Å². The lowest BCUT2D eigenvalue weighted by Crippen LogP contribution is -2.23. The van der Waals surface area contributed by atoms with Crippen molar-refractivity contribution < 1.29 is 4.74 Å². The molecular formula is C26H22N2O2S. The monoisotopic (exact) mass is 426 g/mol. The molecular weight excluding hydrogens is 404 g/mol. The Morgan fingerprint density at radius 1 is 1.00 bits per heavy atom. The van der Waals surface area contributed by atoms with Crippen LogP contribution in [0.5, 0.6) is 5.75 Å². The second-order valence-electron chi connectivity index (χ2n) is 7.72. The van der Waals surface area contributed by atoms with E-state index in [1.165, 1.54) is 16.9 Å². The van der Waals surface area contributed by atoms with Gasteiger partial charge in [0.05, 0.1) is 18.3 Å². The third-order valence-corrected chi connectivity index (χ3v) is 6.46. The number of aromatic nitrogens is 2. The first-order valence-corrected chi connectivity index (χ1v) is 11.1. The molecule has 0 N–H and O–H groups in total. The Kier molecular flexibility index (Phi) is 5.04. The molecule has 2 aromatic heterocycles. The quantitative estimate of drug-likeness (QED) is 0.348. The van der Waals surface area contributed by atoms with Gasteiger partial charge in [0.1, 0.15) is 17.2 Å². The van der Waals surface area contributed by atoms with Crippen molar-refractivity contribution >= 4 is 32.3 Å². The Hall–Kier alpha value is -3.44. The van der Waals surface area contributed by atoms with Crippen LogP contribution in [-0.4, -0.2) is 16.2 Å². The Morgan fingerprint density at radius 3 is 2.71 bits per heavy atom. The molecule has 0 atom stereocenters. The number of thiophene rings is 1. The van der Waals surface area contributed by atoms with Gasteiger partial charge in [-0.1, -0.05) is 60.2 Å². The van der Waals surface area contributed by atoms with Crippen LogP contribution in [0.1, 0.15) is 11.1 Å². The predicted molar refractivity (Wildman–Crippen MR) is 128 cm³/mol. The van der Waals surface area contributed by atoms with Crippen LogP contribution >= 0.6 is 11.3 Å². The second kappa shape index (κ2) is 8.00. The van der Waals surface area contributed by atoms with Crippen molar-refractivity contribution in [2.45, 2.75) is 20.4 Å².